The zero-order chi connectivity index (χ0) is 30.4. The van der Waals surface area contributed by atoms with Crippen molar-refractivity contribution < 1.29 is 42.1 Å². The summed E-state index contributed by atoms with van der Waals surface area (Å²) >= 11 is 0. The Bertz CT molecular complexity index is 1490. The molecule has 4 heterocycles. The van der Waals surface area contributed by atoms with Crippen LogP contribution in [0.3, 0.4) is 0 Å². The van der Waals surface area contributed by atoms with Crippen molar-refractivity contribution in [1.82, 2.24) is 14.9 Å². The highest BCUT2D eigenvalue weighted by Crippen LogP contribution is 2.42. The fourth-order valence-corrected chi connectivity index (χ4v) is 4.55. The third-order valence-corrected chi connectivity index (χ3v) is 6.65. The molecule has 3 aromatic rings. The normalized spacial score (nSPS) is 15.4. The van der Waals surface area contributed by atoms with E-state index in [1.165, 1.54) is 50.9 Å². The number of carbonyl (C=O) groups excluding carboxylic acids is 2. The van der Waals surface area contributed by atoms with Crippen molar-refractivity contribution in [2.75, 3.05) is 69.6 Å². The lowest BCUT2D eigenvalue weighted by atomic mass is 10.1. The molecule has 1 saturated heterocycles. The van der Waals surface area contributed by atoms with Crippen molar-refractivity contribution in [3.63, 3.8) is 0 Å². The van der Waals surface area contributed by atoms with E-state index in [1.54, 1.807) is 6.07 Å². The van der Waals surface area contributed by atoms with Crippen LogP contribution in [-0.2, 0) is 4.74 Å². The third-order valence-electron chi connectivity index (χ3n) is 6.65. The van der Waals surface area contributed by atoms with E-state index in [4.69, 9.17) is 14.2 Å². The molecule has 1 fully saturated rings. The molecule has 15 heteroatoms. The van der Waals surface area contributed by atoms with Crippen LogP contribution in [0.2, 0.25) is 0 Å². The summed E-state index contributed by atoms with van der Waals surface area (Å²) in [5.41, 5.74) is 0.330. The molecule has 3 N–H and O–H groups in total. The Balaban J connectivity index is 1.32. The van der Waals surface area contributed by atoms with Gasteiger partial charge in [0.2, 0.25) is 5.88 Å². The highest BCUT2D eigenvalue weighted by molar-refractivity contribution is 6.14. The maximum absolute atomic E-state index is 13.6. The number of methoxy groups -OCH3 is 2. The molecule has 0 spiro atoms. The van der Waals surface area contributed by atoms with E-state index in [0.29, 0.717) is 25.6 Å². The lowest BCUT2D eigenvalue weighted by Crippen LogP contribution is -2.37. The van der Waals surface area contributed by atoms with Crippen molar-refractivity contribution in [1.29, 1.82) is 0 Å². The number of rotatable bonds is 11. The van der Waals surface area contributed by atoms with E-state index in [2.05, 4.69) is 40.3 Å². The lowest BCUT2D eigenvalue weighted by molar-refractivity contribution is -0.286. The van der Waals surface area contributed by atoms with Gasteiger partial charge < -0.3 is 39.6 Å². The lowest BCUT2D eigenvalue weighted by Gasteiger charge is -2.26. The molecule has 228 valence electrons. The third kappa shape index (κ3) is 7.18. The highest BCUT2D eigenvalue weighted by atomic mass is 19.3. The number of carbonyl (C=O) groups is 2. The molecule has 13 nitrogen and oxygen atoms in total. The van der Waals surface area contributed by atoms with E-state index >= 15 is 0 Å². The number of fused-ring (bicyclic) bond motifs is 1. The minimum Gasteiger partial charge on any atom is -0.496 e. The molecular weight excluding hydrogens is 570 g/mol. The smallest absolute Gasteiger partial charge is 0.496 e. The number of nitrogens with one attached hydrogen (secondary N) is 3. The molecule has 2 aliphatic rings. The highest BCUT2D eigenvalue weighted by Gasteiger charge is 2.43. The first-order chi connectivity index (χ1) is 20.8. The van der Waals surface area contributed by atoms with Gasteiger partial charge in [-0.1, -0.05) is 0 Å². The van der Waals surface area contributed by atoms with E-state index in [0.717, 1.165) is 26.1 Å². The maximum atomic E-state index is 13.6. The van der Waals surface area contributed by atoms with Gasteiger partial charge in [0.1, 0.15) is 17.1 Å². The van der Waals surface area contributed by atoms with Gasteiger partial charge in [-0.2, -0.15) is 0 Å². The molecule has 0 saturated carbocycles. The SMILES string of the molecule is COc1cc(C(=O)Nc2ccc3c(c2)OC(F)(F)O3)c(NC(=O)c2c(OC)ccnc2NCCCN2CCOCC2)cn1. The van der Waals surface area contributed by atoms with Crippen LogP contribution in [0.5, 0.6) is 23.1 Å². The van der Waals surface area contributed by atoms with Gasteiger partial charge in [-0.05, 0) is 31.2 Å². The predicted molar refractivity (Wildman–Crippen MR) is 150 cm³/mol. The average Bonchev–Trinajstić information content (AvgIpc) is 3.32. The van der Waals surface area contributed by atoms with Gasteiger partial charge >= 0.3 is 6.29 Å². The first-order valence-electron chi connectivity index (χ1n) is 13.4. The number of ether oxygens (including phenoxy) is 5. The summed E-state index contributed by atoms with van der Waals surface area (Å²) in [4.78, 5) is 37.7. The number of hydrogen-bond donors (Lipinski definition) is 3. The number of pyridine rings is 2. The summed E-state index contributed by atoms with van der Waals surface area (Å²) < 4.78 is 51.7. The molecule has 0 aliphatic carbocycles. The minimum absolute atomic E-state index is 0.00826. The quantitative estimate of drug-likeness (QED) is 0.278. The second-order valence-corrected chi connectivity index (χ2v) is 9.48. The van der Waals surface area contributed by atoms with Gasteiger partial charge in [0.25, 0.3) is 11.8 Å². The number of hydrogen-bond acceptors (Lipinski definition) is 11. The molecule has 0 unspecified atom stereocenters. The van der Waals surface area contributed by atoms with Crippen LogP contribution < -0.4 is 34.9 Å². The summed E-state index contributed by atoms with van der Waals surface area (Å²) in [7, 11) is 2.81. The van der Waals surface area contributed by atoms with Gasteiger partial charge in [0.15, 0.2) is 11.5 Å². The summed E-state index contributed by atoms with van der Waals surface area (Å²) in [6.07, 6.45) is -0.200. The Kier molecular flexibility index (Phi) is 9.01. The van der Waals surface area contributed by atoms with Gasteiger partial charge in [0, 0.05) is 43.7 Å². The fraction of sp³-hybridized carbons (Fsp3) is 0.357. The molecule has 2 amide bonds. The minimum atomic E-state index is -3.80. The van der Waals surface area contributed by atoms with Gasteiger partial charge in [-0.25, -0.2) is 9.97 Å². The molecule has 0 radical (unpaired) electrons. The van der Waals surface area contributed by atoms with Crippen molar-refractivity contribution in [2.45, 2.75) is 12.7 Å². The fourth-order valence-electron chi connectivity index (χ4n) is 4.55. The Hall–Kier alpha value is -4.76. The predicted octanol–water partition coefficient (Wildman–Crippen LogP) is 3.45. The van der Waals surface area contributed by atoms with Gasteiger partial charge in [0.05, 0.1) is 44.9 Å². The van der Waals surface area contributed by atoms with Crippen molar-refractivity contribution in [2.24, 2.45) is 0 Å². The van der Waals surface area contributed by atoms with Crippen molar-refractivity contribution in [3.8, 4) is 23.1 Å². The summed E-state index contributed by atoms with van der Waals surface area (Å²) in [6, 6.07) is 6.69. The van der Waals surface area contributed by atoms with Gasteiger partial charge in [-0.15, -0.1) is 8.78 Å². The molecule has 0 atom stereocenters. The topological polar surface area (TPSA) is 145 Å². The number of halogens is 2. The second-order valence-electron chi connectivity index (χ2n) is 9.48. The first-order valence-corrected chi connectivity index (χ1v) is 13.4. The number of aromatic nitrogens is 2. The van der Waals surface area contributed by atoms with Crippen molar-refractivity contribution in [3.05, 3.63) is 53.9 Å². The molecule has 43 heavy (non-hydrogen) atoms. The van der Waals surface area contributed by atoms with E-state index in [1.807, 2.05) is 0 Å². The summed E-state index contributed by atoms with van der Waals surface area (Å²) in [5, 5.41) is 8.52. The number of morpholine rings is 1. The van der Waals surface area contributed by atoms with E-state index < -0.39 is 18.1 Å². The second kappa shape index (κ2) is 13.0. The number of alkyl halides is 2. The Morgan fingerprint density at radius 1 is 1.00 bits per heavy atom. The molecular formula is C28H30F2N6O7. The molecule has 1 aromatic carbocycles. The Labute approximate surface area is 245 Å². The van der Waals surface area contributed by atoms with Crippen LogP contribution in [-0.4, -0.2) is 86.6 Å². The largest absolute Gasteiger partial charge is 0.586 e. The van der Waals surface area contributed by atoms with Crippen LogP contribution in [0, 0.1) is 0 Å². The first kappa shape index (κ1) is 29.7. The van der Waals surface area contributed by atoms with Crippen LogP contribution >= 0.6 is 0 Å². The Morgan fingerprint density at radius 2 is 1.79 bits per heavy atom. The average molecular weight is 601 g/mol. The van der Waals surface area contributed by atoms with Crippen molar-refractivity contribution >= 4 is 29.0 Å². The van der Waals surface area contributed by atoms with E-state index in [-0.39, 0.29) is 45.6 Å². The molecule has 5 rings (SSSR count). The zero-order valence-corrected chi connectivity index (χ0v) is 23.4. The number of amides is 2. The molecule has 2 aromatic heterocycles. The summed E-state index contributed by atoms with van der Waals surface area (Å²) in [6.45, 7) is 4.60. The summed E-state index contributed by atoms with van der Waals surface area (Å²) in [5.74, 6) is -1.01. The van der Waals surface area contributed by atoms with Crippen LogP contribution in [0.15, 0.2) is 42.7 Å². The standard InChI is InChI=1S/C28H30F2N6O7/c1-39-21-6-8-32-25(31-7-3-9-36-10-12-41-13-11-36)24(21)27(38)35-19-16-33-23(40-2)15-18(19)26(37)34-17-4-5-20-22(14-17)43-28(29,30)42-20/h4-6,8,14-16H,3,7,9-13H2,1-2H3,(H,31,32)(H,34,37)(H,35,38). The monoisotopic (exact) mass is 600 g/mol. The maximum Gasteiger partial charge on any atom is 0.586 e. The zero-order valence-electron chi connectivity index (χ0n) is 23.4. The number of anilines is 3. The van der Waals surface area contributed by atoms with Crippen LogP contribution in [0.25, 0.3) is 0 Å². The van der Waals surface area contributed by atoms with Crippen LogP contribution in [0.1, 0.15) is 27.1 Å². The molecule has 0 bridgehead atoms. The van der Waals surface area contributed by atoms with E-state index in [9.17, 15) is 18.4 Å². The number of benzene rings is 1. The van der Waals surface area contributed by atoms with Gasteiger partial charge in [-0.3, -0.25) is 14.5 Å². The Morgan fingerprint density at radius 3 is 2.56 bits per heavy atom. The molecule has 2 aliphatic heterocycles. The van der Waals surface area contributed by atoms with Crippen LogP contribution in [0.4, 0.5) is 26.0 Å². The number of nitrogens with zero attached hydrogens (tertiary/aromatic N) is 3.